The van der Waals surface area contributed by atoms with E-state index in [0.717, 1.165) is 11.3 Å². The summed E-state index contributed by atoms with van der Waals surface area (Å²) in [4.78, 5) is 11.3. The molecule has 1 unspecified atom stereocenters. The first-order valence-electron chi connectivity index (χ1n) is 5.68. The summed E-state index contributed by atoms with van der Waals surface area (Å²) in [6.45, 7) is 4.05. The minimum atomic E-state index is -0.813. The van der Waals surface area contributed by atoms with Gasteiger partial charge in [0.25, 0.3) is 0 Å². The van der Waals surface area contributed by atoms with Crippen molar-refractivity contribution < 1.29 is 14.6 Å². The van der Waals surface area contributed by atoms with Gasteiger partial charge in [-0.2, -0.15) is 0 Å². The number of hydrogen-bond donors (Lipinski definition) is 2. The molecule has 1 aliphatic heterocycles. The van der Waals surface area contributed by atoms with Gasteiger partial charge >= 0.3 is 5.97 Å². The molecule has 0 aliphatic carbocycles. The van der Waals surface area contributed by atoms with Crippen molar-refractivity contribution in [2.45, 2.75) is 26.2 Å². The number of hydrogen-bond acceptors (Lipinski definition) is 3. The molecule has 0 saturated heterocycles. The summed E-state index contributed by atoms with van der Waals surface area (Å²) in [5.41, 5.74) is 6.49. The molecule has 0 spiro atoms. The van der Waals surface area contributed by atoms with Crippen molar-refractivity contribution in [3.63, 3.8) is 0 Å². The molecule has 2 rings (SSSR count). The molecule has 0 saturated carbocycles. The molecule has 1 aromatic rings. The highest BCUT2D eigenvalue weighted by Gasteiger charge is 2.40. The zero-order chi connectivity index (χ0) is 12.6. The lowest BCUT2D eigenvalue weighted by molar-refractivity contribution is -0.148. The van der Waals surface area contributed by atoms with E-state index in [1.165, 1.54) is 0 Å². The fraction of sp³-hybridized carbons (Fsp3) is 0.462. The van der Waals surface area contributed by atoms with Crippen LogP contribution in [0.5, 0.6) is 5.75 Å². The summed E-state index contributed by atoms with van der Waals surface area (Å²) in [6, 6.07) is 5.41. The minimum Gasteiger partial charge on any atom is -0.493 e. The number of carboxylic acids is 1. The van der Waals surface area contributed by atoms with Crippen LogP contribution in [0, 0.1) is 5.41 Å². The van der Waals surface area contributed by atoms with Crippen LogP contribution in [0.2, 0.25) is 0 Å². The van der Waals surface area contributed by atoms with Crippen LogP contribution >= 0.6 is 0 Å². The Morgan fingerprint density at radius 3 is 2.88 bits per heavy atom. The van der Waals surface area contributed by atoms with Gasteiger partial charge in [-0.25, -0.2) is 0 Å². The van der Waals surface area contributed by atoms with Gasteiger partial charge in [0.15, 0.2) is 0 Å². The van der Waals surface area contributed by atoms with Crippen LogP contribution in [0.3, 0.4) is 0 Å². The lowest BCUT2D eigenvalue weighted by Crippen LogP contribution is -2.34. The number of anilines is 1. The van der Waals surface area contributed by atoms with Crippen molar-refractivity contribution >= 4 is 11.7 Å². The van der Waals surface area contributed by atoms with E-state index in [-0.39, 0.29) is 5.92 Å². The Kier molecular flexibility index (Phi) is 2.73. The second-order valence-corrected chi connectivity index (χ2v) is 5.01. The topological polar surface area (TPSA) is 72.5 Å². The maximum atomic E-state index is 11.3. The molecule has 1 aliphatic rings. The number of carboxylic acid groups (broad SMARTS) is 1. The minimum absolute atomic E-state index is 0.0627. The quantitative estimate of drug-likeness (QED) is 0.771. The van der Waals surface area contributed by atoms with Gasteiger partial charge in [0.2, 0.25) is 0 Å². The van der Waals surface area contributed by atoms with Crippen LogP contribution in [-0.4, -0.2) is 17.7 Å². The molecule has 4 heteroatoms. The molecule has 92 valence electrons. The highest BCUT2D eigenvalue weighted by atomic mass is 16.5. The van der Waals surface area contributed by atoms with Crippen molar-refractivity contribution in [3.05, 3.63) is 23.8 Å². The number of rotatable bonds is 2. The van der Waals surface area contributed by atoms with E-state index in [2.05, 4.69) is 0 Å². The molecule has 3 N–H and O–H groups in total. The Morgan fingerprint density at radius 1 is 1.53 bits per heavy atom. The molecule has 0 amide bonds. The van der Waals surface area contributed by atoms with Crippen LogP contribution in [0.4, 0.5) is 5.69 Å². The molecule has 0 aromatic heterocycles. The zero-order valence-electron chi connectivity index (χ0n) is 10.1. The lowest BCUT2D eigenvalue weighted by Gasteiger charge is -2.35. The summed E-state index contributed by atoms with van der Waals surface area (Å²) in [7, 11) is 0. The smallest absolute Gasteiger partial charge is 0.309 e. The van der Waals surface area contributed by atoms with Gasteiger partial charge < -0.3 is 15.6 Å². The SMILES string of the molecule is CC(C)(C(=O)O)C1CCOc2ccc(N)cc21. The van der Waals surface area contributed by atoms with E-state index in [0.29, 0.717) is 18.7 Å². The predicted molar refractivity (Wildman–Crippen MR) is 65.1 cm³/mol. The van der Waals surface area contributed by atoms with Gasteiger partial charge in [-0.15, -0.1) is 0 Å². The first-order chi connectivity index (χ1) is 7.93. The first-order valence-corrected chi connectivity index (χ1v) is 5.68. The number of nitrogen functional groups attached to an aromatic ring is 1. The fourth-order valence-corrected chi connectivity index (χ4v) is 2.31. The Bertz CT molecular complexity index is 454. The van der Waals surface area contributed by atoms with E-state index in [9.17, 15) is 9.90 Å². The number of fused-ring (bicyclic) bond motifs is 1. The second kappa shape index (κ2) is 3.95. The van der Waals surface area contributed by atoms with Crippen LogP contribution in [0.1, 0.15) is 31.7 Å². The van der Waals surface area contributed by atoms with Gasteiger partial charge in [-0.1, -0.05) is 0 Å². The summed E-state index contributed by atoms with van der Waals surface area (Å²) >= 11 is 0. The lowest BCUT2D eigenvalue weighted by atomic mass is 9.72. The van der Waals surface area contributed by atoms with E-state index in [4.69, 9.17) is 10.5 Å². The Labute approximate surface area is 100 Å². The third kappa shape index (κ3) is 1.95. The summed E-state index contributed by atoms with van der Waals surface area (Å²) in [6.07, 6.45) is 0.704. The zero-order valence-corrected chi connectivity index (χ0v) is 10.1. The molecule has 1 aromatic carbocycles. The number of benzene rings is 1. The van der Waals surface area contributed by atoms with Crippen LogP contribution in [0.25, 0.3) is 0 Å². The molecule has 0 bridgehead atoms. The molecule has 17 heavy (non-hydrogen) atoms. The maximum absolute atomic E-state index is 11.3. The number of nitrogens with two attached hydrogens (primary N) is 1. The van der Waals surface area contributed by atoms with Crippen molar-refractivity contribution in [2.24, 2.45) is 5.41 Å². The summed E-state index contributed by atoms with van der Waals surface area (Å²) < 4.78 is 5.54. The first kappa shape index (κ1) is 11.8. The number of ether oxygens (including phenoxy) is 1. The predicted octanol–water partition coefficient (Wildman–Crippen LogP) is 2.25. The standard InChI is InChI=1S/C13H17NO3/c1-13(2,12(15)16)10-5-6-17-11-4-3-8(14)7-9(10)11/h3-4,7,10H,5-6,14H2,1-2H3,(H,15,16). The van der Waals surface area contributed by atoms with E-state index in [1.54, 1.807) is 19.9 Å². The third-order valence-corrected chi connectivity index (χ3v) is 3.50. The maximum Gasteiger partial charge on any atom is 0.309 e. The molecular weight excluding hydrogens is 218 g/mol. The summed E-state index contributed by atoms with van der Waals surface area (Å²) in [5, 5.41) is 9.32. The third-order valence-electron chi connectivity index (χ3n) is 3.50. The van der Waals surface area contributed by atoms with E-state index in [1.807, 2.05) is 12.1 Å². The fourth-order valence-electron chi connectivity index (χ4n) is 2.31. The van der Waals surface area contributed by atoms with Crippen molar-refractivity contribution in [2.75, 3.05) is 12.3 Å². The van der Waals surface area contributed by atoms with Gasteiger partial charge in [-0.05, 0) is 38.5 Å². The molecular formula is C13H17NO3. The molecule has 1 atom stereocenters. The number of carbonyl (C=O) groups is 1. The van der Waals surface area contributed by atoms with E-state index < -0.39 is 11.4 Å². The van der Waals surface area contributed by atoms with Crippen molar-refractivity contribution in [3.8, 4) is 5.75 Å². The van der Waals surface area contributed by atoms with Gasteiger partial charge in [0.05, 0.1) is 12.0 Å². The number of aliphatic carboxylic acids is 1. The molecule has 0 fully saturated rings. The molecule has 0 radical (unpaired) electrons. The molecule has 1 heterocycles. The highest BCUT2D eigenvalue weighted by Crippen LogP contribution is 2.45. The Balaban J connectivity index is 2.47. The van der Waals surface area contributed by atoms with Crippen LogP contribution in [0.15, 0.2) is 18.2 Å². The largest absolute Gasteiger partial charge is 0.493 e. The summed E-state index contributed by atoms with van der Waals surface area (Å²) in [5.74, 6) is -0.102. The highest BCUT2D eigenvalue weighted by molar-refractivity contribution is 5.75. The van der Waals surface area contributed by atoms with Crippen LogP contribution < -0.4 is 10.5 Å². The van der Waals surface area contributed by atoms with Crippen molar-refractivity contribution in [1.29, 1.82) is 0 Å². The monoisotopic (exact) mass is 235 g/mol. The van der Waals surface area contributed by atoms with Gasteiger partial charge in [0.1, 0.15) is 5.75 Å². The van der Waals surface area contributed by atoms with E-state index >= 15 is 0 Å². The van der Waals surface area contributed by atoms with Crippen LogP contribution in [-0.2, 0) is 4.79 Å². The van der Waals surface area contributed by atoms with Crippen molar-refractivity contribution in [1.82, 2.24) is 0 Å². The average Bonchev–Trinajstić information content (AvgIpc) is 2.27. The normalized spacial score (nSPS) is 19.3. The second-order valence-electron chi connectivity index (χ2n) is 5.01. The Hall–Kier alpha value is -1.71. The Morgan fingerprint density at radius 2 is 2.24 bits per heavy atom. The van der Waals surface area contributed by atoms with Gasteiger partial charge in [-0.3, -0.25) is 4.79 Å². The average molecular weight is 235 g/mol. The van der Waals surface area contributed by atoms with Gasteiger partial charge in [0, 0.05) is 17.2 Å². The molecule has 4 nitrogen and oxygen atoms in total.